The van der Waals surface area contributed by atoms with Crippen LogP contribution in [0.1, 0.15) is 61.6 Å². The highest BCUT2D eigenvalue weighted by Crippen LogP contribution is 2.69. The summed E-state index contributed by atoms with van der Waals surface area (Å²) in [5.74, 6) is 2.21. The summed E-state index contributed by atoms with van der Waals surface area (Å²) < 4.78 is 0. The van der Waals surface area contributed by atoms with Crippen LogP contribution in [0.15, 0.2) is 48.5 Å². The number of benzene rings is 2. The molecule has 2 aromatic rings. The number of phenolic OH excluding ortho intramolecular Hbond substituents is 1. The SMILES string of the molecule is Oc1ccc2c(c1)C13CCN(CC4CC4)C4CCC(CC41C2)[C@@H](NCc1ccccc1)C3. The highest BCUT2D eigenvalue weighted by molar-refractivity contribution is 5.50. The second kappa shape index (κ2) is 7.08. The van der Waals surface area contributed by atoms with E-state index < -0.39 is 0 Å². The van der Waals surface area contributed by atoms with Gasteiger partial charge in [0.15, 0.2) is 0 Å². The molecule has 2 N–H and O–H groups in total. The van der Waals surface area contributed by atoms with Crippen molar-refractivity contribution in [3.05, 3.63) is 65.2 Å². The molecule has 1 heterocycles. The van der Waals surface area contributed by atoms with Gasteiger partial charge in [-0.25, -0.2) is 0 Å². The van der Waals surface area contributed by atoms with Gasteiger partial charge in [0.05, 0.1) is 0 Å². The van der Waals surface area contributed by atoms with E-state index in [0.29, 0.717) is 17.2 Å². The molecular formula is C29H36N2O. The van der Waals surface area contributed by atoms with Crippen LogP contribution < -0.4 is 5.32 Å². The molecule has 4 unspecified atom stereocenters. The third-order valence-corrected chi connectivity index (χ3v) is 10.1. The Bertz CT molecular complexity index is 1020. The Hall–Kier alpha value is -1.84. The molecule has 0 amide bonds. The van der Waals surface area contributed by atoms with Crippen molar-refractivity contribution in [3.8, 4) is 5.75 Å². The van der Waals surface area contributed by atoms with Crippen molar-refractivity contribution in [2.45, 2.75) is 75.4 Å². The Morgan fingerprint density at radius 2 is 1.88 bits per heavy atom. The summed E-state index contributed by atoms with van der Waals surface area (Å²) in [6, 6.07) is 18.5. The molecule has 3 saturated carbocycles. The fourth-order valence-electron chi connectivity index (χ4n) is 8.64. The first-order valence-corrected chi connectivity index (χ1v) is 13.0. The Morgan fingerprint density at radius 3 is 2.72 bits per heavy atom. The van der Waals surface area contributed by atoms with E-state index in [1.165, 1.54) is 81.1 Å². The van der Waals surface area contributed by atoms with Crippen LogP contribution in [0.5, 0.6) is 5.75 Å². The van der Waals surface area contributed by atoms with Gasteiger partial charge in [0.25, 0.3) is 0 Å². The first-order valence-electron chi connectivity index (χ1n) is 13.0. The van der Waals surface area contributed by atoms with Crippen molar-refractivity contribution < 1.29 is 5.11 Å². The smallest absolute Gasteiger partial charge is 0.115 e. The van der Waals surface area contributed by atoms with Crippen LogP contribution in [0.2, 0.25) is 0 Å². The van der Waals surface area contributed by atoms with E-state index in [4.69, 9.17) is 0 Å². The Kier molecular flexibility index (Phi) is 4.34. The molecule has 1 saturated heterocycles. The van der Waals surface area contributed by atoms with Crippen molar-refractivity contribution in [2.75, 3.05) is 13.1 Å². The van der Waals surface area contributed by atoms with Gasteiger partial charge >= 0.3 is 0 Å². The standard InChI is InChI=1S/C29H36N2O/c32-24-10-8-22-15-29-16-23-9-11-27(29)31(19-21-6-7-21)13-12-28(29,25(22)14-24)17-26(23)30-18-20-4-2-1-3-5-20/h1-5,8,10,14,21,23,26-27,30,32H,6-7,9,11-13,15-19H2/t23?,26-,27?,28?,29?/m0/s1. The summed E-state index contributed by atoms with van der Waals surface area (Å²) in [6.45, 7) is 3.55. The minimum Gasteiger partial charge on any atom is -0.508 e. The number of hydrogen-bond acceptors (Lipinski definition) is 3. The topological polar surface area (TPSA) is 35.5 Å². The van der Waals surface area contributed by atoms with Crippen molar-refractivity contribution in [1.82, 2.24) is 10.2 Å². The number of rotatable bonds is 5. The zero-order chi connectivity index (χ0) is 21.3. The number of phenols is 1. The lowest BCUT2D eigenvalue weighted by molar-refractivity contribution is -0.128. The molecule has 32 heavy (non-hydrogen) atoms. The van der Waals surface area contributed by atoms with E-state index in [1.54, 1.807) is 0 Å². The van der Waals surface area contributed by atoms with Crippen LogP contribution in [0.4, 0.5) is 0 Å². The van der Waals surface area contributed by atoms with Crippen molar-refractivity contribution >= 4 is 0 Å². The summed E-state index contributed by atoms with van der Waals surface area (Å²) in [5.41, 5.74) is 5.03. The average molecular weight is 429 g/mol. The second-order valence-corrected chi connectivity index (χ2v) is 11.7. The highest BCUT2D eigenvalue weighted by atomic mass is 16.3. The molecule has 1 spiro atoms. The summed E-state index contributed by atoms with van der Waals surface area (Å²) in [5, 5.41) is 14.5. The van der Waals surface area contributed by atoms with Crippen molar-refractivity contribution in [2.24, 2.45) is 17.3 Å². The second-order valence-electron chi connectivity index (χ2n) is 11.7. The molecule has 7 rings (SSSR count). The van der Waals surface area contributed by atoms with Gasteiger partial charge in [-0.15, -0.1) is 0 Å². The first-order chi connectivity index (χ1) is 15.7. The molecule has 0 aromatic heterocycles. The van der Waals surface area contributed by atoms with Crippen molar-refractivity contribution in [1.29, 1.82) is 0 Å². The van der Waals surface area contributed by atoms with Gasteiger partial charge in [-0.1, -0.05) is 36.4 Å². The first kappa shape index (κ1) is 19.6. The number of hydrogen-bond donors (Lipinski definition) is 2. The molecule has 0 radical (unpaired) electrons. The Labute approximate surface area is 192 Å². The normalized spacial score (nSPS) is 37.7. The number of fused-ring (bicyclic) bond motifs is 2. The molecule has 4 aliphatic carbocycles. The van der Waals surface area contributed by atoms with Crippen LogP contribution >= 0.6 is 0 Å². The molecule has 5 atom stereocenters. The maximum Gasteiger partial charge on any atom is 0.115 e. The Morgan fingerprint density at radius 1 is 1.00 bits per heavy atom. The van der Waals surface area contributed by atoms with Crippen LogP contribution in [-0.4, -0.2) is 35.2 Å². The fourth-order valence-corrected chi connectivity index (χ4v) is 8.64. The lowest BCUT2D eigenvalue weighted by atomic mass is 9.44. The molecule has 2 aromatic carbocycles. The predicted octanol–water partition coefficient (Wildman–Crippen LogP) is 5.02. The zero-order valence-electron chi connectivity index (χ0n) is 19.1. The highest BCUT2D eigenvalue weighted by Gasteiger charge is 2.68. The van der Waals surface area contributed by atoms with E-state index in [-0.39, 0.29) is 5.41 Å². The van der Waals surface area contributed by atoms with Gasteiger partial charge in [-0.2, -0.15) is 0 Å². The largest absolute Gasteiger partial charge is 0.508 e. The van der Waals surface area contributed by atoms with Crippen LogP contribution in [-0.2, 0) is 18.4 Å². The molecule has 3 nitrogen and oxygen atoms in total. The minimum absolute atomic E-state index is 0.233. The van der Waals surface area contributed by atoms with Crippen LogP contribution in [0.25, 0.3) is 0 Å². The molecule has 168 valence electrons. The fraction of sp³-hybridized carbons (Fsp3) is 0.586. The number of nitrogens with one attached hydrogen (secondary N) is 1. The van der Waals surface area contributed by atoms with E-state index >= 15 is 0 Å². The molecule has 5 aliphatic rings. The van der Waals surface area contributed by atoms with Gasteiger partial charge in [-0.3, -0.25) is 4.90 Å². The van der Waals surface area contributed by atoms with Gasteiger partial charge < -0.3 is 10.4 Å². The lowest BCUT2D eigenvalue weighted by Gasteiger charge is -2.66. The zero-order valence-corrected chi connectivity index (χ0v) is 19.1. The maximum absolute atomic E-state index is 10.5. The summed E-state index contributed by atoms with van der Waals surface area (Å²) in [7, 11) is 0. The van der Waals surface area contributed by atoms with Gasteiger partial charge in [0.2, 0.25) is 0 Å². The van der Waals surface area contributed by atoms with E-state index in [1.807, 2.05) is 6.07 Å². The molecule has 4 fully saturated rings. The van der Waals surface area contributed by atoms with E-state index in [9.17, 15) is 5.11 Å². The quantitative estimate of drug-likeness (QED) is 0.702. The number of likely N-dealkylation sites (tertiary alicyclic amines) is 1. The average Bonchev–Trinajstić information content (AvgIpc) is 3.59. The third-order valence-electron chi connectivity index (χ3n) is 10.1. The summed E-state index contributed by atoms with van der Waals surface area (Å²) in [4.78, 5) is 2.93. The van der Waals surface area contributed by atoms with Crippen LogP contribution in [0.3, 0.4) is 0 Å². The minimum atomic E-state index is 0.233. The third kappa shape index (κ3) is 2.80. The Balaban J connectivity index is 1.26. The predicted molar refractivity (Wildman–Crippen MR) is 128 cm³/mol. The summed E-state index contributed by atoms with van der Waals surface area (Å²) >= 11 is 0. The molecule has 3 heteroatoms. The monoisotopic (exact) mass is 428 g/mol. The van der Waals surface area contributed by atoms with Crippen LogP contribution in [0, 0.1) is 17.3 Å². The molecule has 2 bridgehead atoms. The van der Waals surface area contributed by atoms with Gasteiger partial charge in [0, 0.05) is 36.0 Å². The van der Waals surface area contributed by atoms with E-state index in [2.05, 4.69) is 52.7 Å². The van der Waals surface area contributed by atoms with Crippen molar-refractivity contribution in [3.63, 3.8) is 0 Å². The number of nitrogens with zero attached hydrogens (tertiary/aromatic N) is 1. The summed E-state index contributed by atoms with van der Waals surface area (Å²) in [6.07, 6.45) is 10.7. The van der Waals surface area contributed by atoms with E-state index in [0.717, 1.165) is 24.4 Å². The van der Waals surface area contributed by atoms with Gasteiger partial charge in [-0.05, 0) is 98.6 Å². The number of aromatic hydroxyl groups is 1. The molecule has 1 aliphatic heterocycles. The van der Waals surface area contributed by atoms with Gasteiger partial charge in [0.1, 0.15) is 5.75 Å². The molecular weight excluding hydrogens is 392 g/mol. The lowest BCUT2D eigenvalue weighted by Crippen LogP contribution is -2.69. The maximum atomic E-state index is 10.5. The number of piperidine rings is 1.